The van der Waals surface area contributed by atoms with Crippen LogP contribution in [0.4, 0.5) is 5.82 Å². The Morgan fingerprint density at radius 3 is 2.34 bits per heavy atom. The van der Waals surface area contributed by atoms with Crippen molar-refractivity contribution < 1.29 is 9.26 Å². The number of methoxy groups -OCH3 is 1. The number of anilines is 1. The highest BCUT2D eigenvalue weighted by atomic mass is 16.5. The van der Waals surface area contributed by atoms with Crippen LogP contribution in [0.1, 0.15) is 12.5 Å². The molecule has 0 unspecified atom stereocenters. The number of pyridine rings is 1. The van der Waals surface area contributed by atoms with Crippen LogP contribution in [-0.2, 0) is 6.54 Å². The van der Waals surface area contributed by atoms with Crippen LogP contribution in [0.25, 0.3) is 22.8 Å². The molecule has 0 aliphatic rings. The summed E-state index contributed by atoms with van der Waals surface area (Å²) in [5, 5.41) is 4.08. The molecule has 2 heterocycles. The first-order chi connectivity index (χ1) is 14.3. The summed E-state index contributed by atoms with van der Waals surface area (Å²) < 4.78 is 10.6. The lowest BCUT2D eigenvalue weighted by atomic mass is 10.2. The van der Waals surface area contributed by atoms with Gasteiger partial charge < -0.3 is 14.2 Å². The Morgan fingerprint density at radius 1 is 0.931 bits per heavy atom. The van der Waals surface area contributed by atoms with E-state index in [0.29, 0.717) is 11.7 Å². The van der Waals surface area contributed by atoms with E-state index in [0.717, 1.165) is 35.8 Å². The van der Waals surface area contributed by atoms with Crippen molar-refractivity contribution in [1.82, 2.24) is 15.1 Å². The predicted molar refractivity (Wildman–Crippen MR) is 113 cm³/mol. The molecule has 6 nitrogen and oxygen atoms in total. The fourth-order valence-electron chi connectivity index (χ4n) is 3.06. The number of nitrogens with zero attached hydrogens (tertiary/aromatic N) is 4. The van der Waals surface area contributed by atoms with Gasteiger partial charge in [-0.25, -0.2) is 4.98 Å². The second-order valence-electron chi connectivity index (χ2n) is 6.56. The Morgan fingerprint density at radius 2 is 1.69 bits per heavy atom. The minimum atomic E-state index is 0.445. The molecule has 2 aromatic heterocycles. The molecule has 6 heteroatoms. The van der Waals surface area contributed by atoms with Crippen molar-refractivity contribution in [3.8, 4) is 28.6 Å². The average molecular weight is 386 g/mol. The number of rotatable bonds is 7. The molecular formula is C23H22N4O2. The van der Waals surface area contributed by atoms with Gasteiger partial charge in [-0.05, 0) is 48.9 Å². The van der Waals surface area contributed by atoms with Gasteiger partial charge in [0, 0.05) is 24.8 Å². The van der Waals surface area contributed by atoms with Gasteiger partial charge in [-0.3, -0.25) is 0 Å². The first kappa shape index (κ1) is 18.7. The summed E-state index contributed by atoms with van der Waals surface area (Å²) in [5.41, 5.74) is 2.91. The smallest absolute Gasteiger partial charge is 0.259 e. The molecule has 0 atom stereocenters. The van der Waals surface area contributed by atoms with E-state index in [1.54, 1.807) is 13.3 Å². The van der Waals surface area contributed by atoms with E-state index >= 15 is 0 Å². The van der Waals surface area contributed by atoms with Crippen LogP contribution in [0.2, 0.25) is 0 Å². The second kappa shape index (κ2) is 8.56. The molecule has 2 aromatic carbocycles. The SMILES string of the molecule is CCN(Cc1ccccc1)c1ccc(-c2nc(-c3ccc(OC)cc3)no2)cn1. The minimum absolute atomic E-state index is 0.445. The molecule has 0 fully saturated rings. The van der Waals surface area contributed by atoms with Gasteiger partial charge in [-0.15, -0.1) is 0 Å². The van der Waals surface area contributed by atoms with E-state index in [9.17, 15) is 0 Å². The number of hydrogen-bond donors (Lipinski definition) is 0. The molecule has 4 aromatic rings. The molecule has 0 aliphatic carbocycles. The zero-order chi connectivity index (χ0) is 20.1. The Hall–Kier alpha value is -3.67. The van der Waals surface area contributed by atoms with Gasteiger partial charge in [0.15, 0.2) is 0 Å². The quantitative estimate of drug-likeness (QED) is 0.453. The third kappa shape index (κ3) is 4.27. The summed E-state index contributed by atoms with van der Waals surface area (Å²) >= 11 is 0. The Kier molecular flexibility index (Phi) is 5.52. The maximum Gasteiger partial charge on any atom is 0.259 e. The summed E-state index contributed by atoms with van der Waals surface area (Å²) in [4.78, 5) is 11.3. The molecular weight excluding hydrogens is 364 g/mol. The van der Waals surface area contributed by atoms with Crippen molar-refractivity contribution in [2.75, 3.05) is 18.6 Å². The fraction of sp³-hybridized carbons (Fsp3) is 0.174. The molecule has 4 rings (SSSR count). The van der Waals surface area contributed by atoms with Crippen LogP contribution in [0.5, 0.6) is 5.75 Å². The van der Waals surface area contributed by atoms with Gasteiger partial charge in [0.1, 0.15) is 11.6 Å². The van der Waals surface area contributed by atoms with Crippen molar-refractivity contribution >= 4 is 5.82 Å². The maximum atomic E-state index is 5.44. The van der Waals surface area contributed by atoms with Crippen LogP contribution in [0, 0.1) is 0 Å². The highest BCUT2D eigenvalue weighted by molar-refractivity contribution is 5.61. The summed E-state index contributed by atoms with van der Waals surface area (Å²) in [7, 11) is 1.64. The molecule has 29 heavy (non-hydrogen) atoms. The summed E-state index contributed by atoms with van der Waals surface area (Å²) in [5.74, 6) is 2.68. The van der Waals surface area contributed by atoms with Crippen molar-refractivity contribution in [2.45, 2.75) is 13.5 Å². The topological polar surface area (TPSA) is 64.3 Å². The highest BCUT2D eigenvalue weighted by Gasteiger charge is 2.13. The molecule has 146 valence electrons. The van der Waals surface area contributed by atoms with E-state index in [-0.39, 0.29) is 0 Å². The lowest BCUT2D eigenvalue weighted by molar-refractivity contribution is 0.415. The van der Waals surface area contributed by atoms with E-state index in [2.05, 4.69) is 51.2 Å². The zero-order valence-corrected chi connectivity index (χ0v) is 16.4. The fourth-order valence-corrected chi connectivity index (χ4v) is 3.06. The van der Waals surface area contributed by atoms with Crippen molar-refractivity contribution in [2.24, 2.45) is 0 Å². The highest BCUT2D eigenvalue weighted by Crippen LogP contribution is 2.25. The van der Waals surface area contributed by atoms with E-state index in [4.69, 9.17) is 9.26 Å². The normalized spacial score (nSPS) is 10.7. The number of hydrogen-bond acceptors (Lipinski definition) is 6. The summed E-state index contributed by atoms with van der Waals surface area (Å²) in [6.45, 7) is 3.80. The Labute approximate surface area is 169 Å². The van der Waals surface area contributed by atoms with E-state index < -0.39 is 0 Å². The summed E-state index contributed by atoms with van der Waals surface area (Å²) in [6, 6.07) is 21.9. The van der Waals surface area contributed by atoms with Crippen LogP contribution < -0.4 is 9.64 Å². The number of benzene rings is 2. The average Bonchev–Trinajstić information content (AvgIpc) is 3.29. The van der Waals surface area contributed by atoms with Crippen LogP contribution in [0.15, 0.2) is 77.4 Å². The Balaban J connectivity index is 1.51. The largest absolute Gasteiger partial charge is 0.497 e. The van der Waals surface area contributed by atoms with Gasteiger partial charge in [0.2, 0.25) is 5.82 Å². The van der Waals surface area contributed by atoms with Gasteiger partial charge in [-0.1, -0.05) is 35.5 Å². The van der Waals surface area contributed by atoms with Gasteiger partial charge in [0.05, 0.1) is 12.7 Å². The molecule has 0 bridgehead atoms. The third-order valence-corrected chi connectivity index (χ3v) is 4.69. The zero-order valence-electron chi connectivity index (χ0n) is 16.4. The predicted octanol–water partition coefficient (Wildman–Crippen LogP) is 4.83. The molecule has 0 saturated carbocycles. The lowest BCUT2D eigenvalue weighted by Crippen LogP contribution is -2.22. The van der Waals surface area contributed by atoms with Crippen LogP contribution in [0.3, 0.4) is 0 Å². The van der Waals surface area contributed by atoms with Crippen molar-refractivity contribution in [3.63, 3.8) is 0 Å². The maximum absolute atomic E-state index is 5.44. The van der Waals surface area contributed by atoms with Gasteiger partial charge in [-0.2, -0.15) is 4.98 Å². The first-order valence-corrected chi connectivity index (χ1v) is 9.50. The monoisotopic (exact) mass is 386 g/mol. The molecule has 0 N–H and O–H groups in total. The van der Waals surface area contributed by atoms with E-state index in [1.807, 2.05) is 42.5 Å². The molecule has 0 aliphatic heterocycles. The standard InChI is InChI=1S/C23H22N4O2/c1-3-27(16-17-7-5-4-6-8-17)21-14-11-19(15-24-21)23-25-22(26-29-23)18-9-12-20(28-2)13-10-18/h4-15H,3,16H2,1-2H3. The number of aromatic nitrogens is 3. The Bertz CT molecular complexity index is 1040. The summed E-state index contributed by atoms with van der Waals surface area (Å²) in [6.07, 6.45) is 1.77. The lowest BCUT2D eigenvalue weighted by Gasteiger charge is -2.22. The van der Waals surface area contributed by atoms with Crippen molar-refractivity contribution in [1.29, 1.82) is 0 Å². The van der Waals surface area contributed by atoms with E-state index in [1.165, 1.54) is 5.56 Å². The van der Waals surface area contributed by atoms with Crippen LogP contribution in [-0.4, -0.2) is 28.8 Å². The van der Waals surface area contributed by atoms with Gasteiger partial charge in [0.25, 0.3) is 5.89 Å². The molecule has 0 saturated heterocycles. The van der Waals surface area contributed by atoms with Crippen molar-refractivity contribution in [3.05, 3.63) is 78.5 Å². The van der Waals surface area contributed by atoms with Gasteiger partial charge >= 0.3 is 0 Å². The third-order valence-electron chi connectivity index (χ3n) is 4.69. The molecule has 0 spiro atoms. The molecule has 0 radical (unpaired) electrons. The molecule has 0 amide bonds. The number of ether oxygens (including phenoxy) is 1. The minimum Gasteiger partial charge on any atom is -0.497 e. The first-order valence-electron chi connectivity index (χ1n) is 9.50. The second-order valence-corrected chi connectivity index (χ2v) is 6.56. The van der Waals surface area contributed by atoms with Crippen LogP contribution >= 0.6 is 0 Å².